The summed E-state index contributed by atoms with van der Waals surface area (Å²) >= 11 is 5.33. The number of nitrogens with two attached hydrogens (primary N) is 1. The number of aromatic nitrogens is 2. The van der Waals surface area contributed by atoms with Crippen molar-refractivity contribution in [3.8, 4) is 0 Å². The van der Waals surface area contributed by atoms with Gasteiger partial charge in [-0.15, -0.1) is 11.8 Å². The van der Waals surface area contributed by atoms with E-state index in [1.165, 1.54) is 10.5 Å². The summed E-state index contributed by atoms with van der Waals surface area (Å²) in [6.07, 6.45) is 6.75. The molecule has 30 heavy (non-hydrogen) atoms. The van der Waals surface area contributed by atoms with Crippen LogP contribution in [0.3, 0.4) is 0 Å². The summed E-state index contributed by atoms with van der Waals surface area (Å²) in [6.45, 7) is 2.06. The Morgan fingerprint density at radius 3 is 2.70 bits per heavy atom. The molecule has 3 atom stereocenters. The van der Waals surface area contributed by atoms with Crippen molar-refractivity contribution in [2.24, 2.45) is 10.7 Å². The first-order chi connectivity index (χ1) is 14.4. The zero-order valence-electron chi connectivity index (χ0n) is 17.2. The predicted molar refractivity (Wildman–Crippen MR) is 125 cm³/mol. The number of thioether (sulfide) groups is 1. The number of allylic oxidation sites excluding steroid dienone is 1. The van der Waals surface area contributed by atoms with E-state index in [4.69, 9.17) is 10.7 Å². The Morgan fingerprint density at radius 2 is 2.07 bits per heavy atom. The van der Waals surface area contributed by atoms with Gasteiger partial charge in [0, 0.05) is 29.2 Å². The van der Waals surface area contributed by atoms with E-state index in [1.807, 2.05) is 35.1 Å². The molecule has 8 heteroatoms. The van der Waals surface area contributed by atoms with Gasteiger partial charge in [-0.3, -0.25) is 14.4 Å². The number of halogens is 1. The topological polar surface area (TPSA) is 76.5 Å². The fourth-order valence-corrected chi connectivity index (χ4v) is 6.65. The third-order valence-corrected chi connectivity index (χ3v) is 8.53. The van der Waals surface area contributed by atoms with Gasteiger partial charge in [-0.1, -0.05) is 46.3 Å². The molecule has 0 bridgehead atoms. The van der Waals surface area contributed by atoms with E-state index >= 15 is 0 Å². The minimum Gasteiger partial charge on any atom is -0.369 e. The Kier molecular flexibility index (Phi) is 5.81. The van der Waals surface area contributed by atoms with E-state index in [0.717, 1.165) is 23.7 Å². The van der Waals surface area contributed by atoms with Crippen LogP contribution in [0, 0.1) is 0 Å². The van der Waals surface area contributed by atoms with Crippen molar-refractivity contribution in [1.29, 1.82) is 0 Å². The number of aliphatic imine (C=N–C) groups is 1. The molecule has 4 rings (SSSR count). The Balaban J connectivity index is 1.77. The molecule has 2 N–H and O–H groups in total. The Bertz CT molecular complexity index is 977. The Morgan fingerprint density at radius 1 is 1.30 bits per heavy atom. The molecule has 1 amide bonds. The summed E-state index contributed by atoms with van der Waals surface area (Å²) in [7, 11) is 1.70. The maximum absolute atomic E-state index is 13.9. The van der Waals surface area contributed by atoms with E-state index in [9.17, 15) is 4.79 Å². The van der Waals surface area contributed by atoms with E-state index in [0.29, 0.717) is 6.42 Å². The number of aryl methyl sites for hydroxylation is 1. The largest absolute Gasteiger partial charge is 0.369 e. The van der Waals surface area contributed by atoms with Crippen molar-refractivity contribution in [3.05, 3.63) is 64.2 Å². The van der Waals surface area contributed by atoms with E-state index in [2.05, 4.69) is 45.5 Å². The summed E-state index contributed by atoms with van der Waals surface area (Å²) < 4.78 is 2.94. The van der Waals surface area contributed by atoms with Crippen LogP contribution in [-0.4, -0.2) is 44.4 Å². The standard InChI is InChI=1S/C22H26BrN5OS/c1-21(18-14-17(23)15-30-18)22(28-13-7-12-25-28,19(29)27(2)20(24)26-21)11-6-10-16-8-4-3-5-9-16/h3-5,7-9,12-13,15,18H,6,10-11,14H2,1-2H3,(H2,24,26)/t18?,21-,22-/m1/s1. The van der Waals surface area contributed by atoms with Gasteiger partial charge in [0.2, 0.25) is 0 Å². The molecule has 2 aromatic rings. The molecule has 1 unspecified atom stereocenters. The number of hydrogen-bond donors (Lipinski definition) is 1. The van der Waals surface area contributed by atoms with Crippen LogP contribution < -0.4 is 5.73 Å². The number of carbonyl (C=O) groups excluding carboxylic acids is 1. The summed E-state index contributed by atoms with van der Waals surface area (Å²) in [4.78, 5) is 20.4. The number of carbonyl (C=O) groups is 1. The Hall–Kier alpha value is -2.06. The lowest BCUT2D eigenvalue weighted by Crippen LogP contribution is -2.70. The van der Waals surface area contributed by atoms with Crippen molar-refractivity contribution in [2.45, 2.75) is 48.9 Å². The van der Waals surface area contributed by atoms with Crippen LogP contribution in [0.1, 0.15) is 31.7 Å². The molecule has 0 saturated heterocycles. The minimum atomic E-state index is -0.952. The summed E-state index contributed by atoms with van der Waals surface area (Å²) in [5, 5.41) is 6.73. The molecular formula is C22H26BrN5OS. The molecule has 6 nitrogen and oxygen atoms in total. The number of benzene rings is 1. The van der Waals surface area contributed by atoms with Crippen molar-refractivity contribution < 1.29 is 4.79 Å². The molecule has 2 aliphatic rings. The van der Waals surface area contributed by atoms with Crippen LogP contribution in [0.5, 0.6) is 0 Å². The molecule has 0 aliphatic carbocycles. The first-order valence-electron chi connectivity index (χ1n) is 10.1. The second kappa shape index (κ2) is 8.23. The summed E-state index contributed by atoms with van der Waals surface area (Å²) in [5.41, 5.74) is 5.78. The maximum atomic E-state index is 13.9. The highest BCUT2D eigenvalue weighted by Gasteiger charge is 2.63. The highest BCUT2D eigenvalue weighted by Crippen LogP contribution is 2.51. The number of likely N-dealkylation sites (N-methyl/N-ethyl adjacent to an activating group) is 1. The molecule has 158 valence electrons. The number of amides is 1. The van der Waals surface area contributed by atoms with Gasteiger partial charge in [0.25, 0.3) is 5.91 Å². The van der Waals surface area contributed by atoms with Gasteiger partial charge in [-0.25, -0.2) is 4.99 Å². The second-order valence-corrected chi connectivity index (χ2v) is 10.1. The molecule has 0 radical (unpaired) electrons. The smallest absolute Gasteiger partial charge is 0.259 e. The highest BCUT2D eigenvalue weighted by atomic mass is 79.9. The molecule has 2 aliphatic heterocycles. The molecule has 0 saturated carbocycles. The van der Waals surface area contributed by atoms with E-state index in [1.54, 1.807) is 25.0 Å². The van der Waals surface area contributed by atoms with Crippen molar-refractivity contribution in [3.63, 3.8) is 0 Å². The Labute approximate surface area is 189 Å². The number of rotatable bonds is 6. The lowest BCUT2D eigenvalue weighted by molar-refractivity contribution is -0.142. The highest BCUT2D eigenvalue weighted by molar-refractivity contribution is 9.11. The van der Waals surface area contributed by atoms with Crippen LogP contribution in [0.25, 0.3) is 0 Å². The van der Waals surface area contributed by atoms with Gasteiger partial charge in [-0.05, 0) is 49.6 Å². The van der Waals surface area contributed by atoms with Crippen LogP contribution in [0.4, 0.5) is 0 Å². The minimum absolute atomic E-state index is 0.0575. The summed E-state index contributed by atoms with van der Waals surface area (Å²) in [6, 6.07) is 12.2. The molecular weight excluding hydrogens is 462 g/mol. The van der Waals surface area contributed by atoms with Gasteiger partial charge in [0.15, 0.2) is 11.5 Å². The zero-order valence-corrected chi connectivity index (χ0v) is 19.6. The van der Waals surface area contributed by atoms with Crippen LogP contribution in [-0.2, 0) is 16.8 Å². The van der Waals surface area contributed by atoms with Crippen molar-refractivity contribution in [2.75, 3.05) is 7.05 Å². The molecule has 1 aromatic carbocycles. The normalized spacial score (nSPS) is 29.1. The lowest BCUT2D eigenvalue weighted by Gasteiger charge is -2.52. The summed E-state index contributed by atoms with van der Waals surface area (Å²) in [5.74, 6) is 0.204. The van der Waals surface area contributed by atoms with Crippen molar-refractivity contribution in [1.82, 2.24) is 14.7 Å². The van der Waals surface area contributed by atoms with E-state index in [-0.39, 0.29) is 17.1 Å². The lowest BCUT2D eigenvalue weighted by atomic mass is 9.70. The number of guanidine groups is 1. The van der Waals surface area contributed by atoms with E-state index < -0.39 is 11.1 Å². The molecule has 0 spiro atoms. The van der Waals surface area contributed by atoms with Gasteiger partial charge < -0.3 is 5.73 Å². The predicted octanol–water partition coefficient (Wildman–Crippen LogP) is 3.89. The fraction of sp³-hybridized carbons (Fsp3) is 0.409. The molecule has 1 aromatic heterocycles. The SMILES string of the molecule is CN1C(=O)[C@@](CCCc2ccccc2)(n2cccn2)[C@@](C)(C2CC(Br)=CS2)N=C1N. The van der Waals surface area contributed by atoms with Crippen LogP contribution in [0.15, 0.2) is 63.7 Å². The molecule has 0 fully saturated rings. The quantitative estimate of drug-likeness (QED) is 0.670. The number of nitrogens with zero attached hydrogens (tertiary/aromatic N) is 4. The number of hydrogen-bond acceptors (Lipinski definition) is 5. The van der Waals surface area contributed by atoms with Crippen LogP contribution >= 0.6 is 27.7 Å². The van der Waals surface area contributed by atoms with Gasteiger partial charge in [0.05, 0.1) is 0 Å². The maximum Gasteiger partial charge on any atom is 0.259 e. The van der Waals surface area contributed by atoms with Gasteiger partial charge in [0.1, 0.15) is 5.54 Å². The third-order valence-electron chi connectivity index (χ3n) is 6.30. The van der Waals surface area contributed by atoms with Crippen LogP contribution in [0.2, 0.25) is 0 Å². The molecule has 3 heterocycles. The zero-order chi connectivity index (χ0) is 21.4. The second-order valence-electron chi connectivity index (χ2n) is 8.03. The fourth-order valence-electron chi connectivity index (χ4n) is 4.59. The average Bonchev–Trinajstić information content (AvgIpc) is 3.42. The average molecular weight is 488 g/mol. The van der Waals surface area contributed by atoms with Crippen molar-refractivity contribution >= 4 is 39.6 Å². The first kappa shape index (κ1) is 21.2. The van der Waals surface area contributed by atoms with Gasteiger partial charge >= 0.3 is 0 Å². The van der Waals surface area contributed by atoms with Gasteiger partial charge in [-0.2, -0.15) is 5.10 Å². The monoisotopic (exact) mass is 487 g/mol. The third kappa shape index (κ3) is 3.39. The first-order valence-corrected chi connectivity index (χ1v) is 11.8.